The third-order valence-electron chi connectivity index (χ3n) is 5.23. The Bertz CT molecular complexity index is 389. The Labute approximate surface area is 121 Å². The van der Waals surface area contributed by atoms with Gasteiger partial charge in [0.1, 0.15) is 6.04 Å². The smallest absolute Gasteiger partial charge is 0.245 e. The van der Waals surface area contributed by atoms with Gasteiger partial charge in [0.25, 0.3) is 0 Å². The second kappa shape index (κ2) is 5.38. The van der Waals surface area contributed by atoms with Crippen molar-refractivity contribution in [1.29, 1.82) is 0 Å². The lowest BCUT2D eigenvalue weighted by atomic mass is 9.96. The summed E-state index contributed by atoms with van der Waals surface area (Å²) >= 11 is 0. The third-order valence-corrected chi connectivity index (χ3v) is 5.23. The Morgan fingerprint density at radius 2 is 1.80 bits per heavy atom. The van der Waals surface area contributed by atoms with E-state index in [1.807, 2.05) is 0 Å². The first-order valence-corrected chi connectivity index (χ1v) is 8.21. The SMILES string of the molecule is CCC(C)C1NC(=O)CCN(C(C2CC2)C2CC2)C1=O. The lowest BCUT2D eigenvalue weighted by molar-refractivity contribution is -0.137. The van der Waals surface area contributed by atoms with Crippen molar-refractivity contribution in [2.75, 3.05) is 6.54 Å². The van der Waals surface area contributed by atoms with E-state index in [0.29, 0.717) is 30.8 Å². The summed E-state index contributed by atoms with van der Waals surface area (Å²) in [5, 5.41) is 2.95. The standard InChI is InChI=1S/C16H26N2O2/c1-3-10(2)14-16(20)18(9-8-13(19)17-14)15(11-4-5-11)12-6-7-12/h10-12,14-15H,3-9H2,1-2H3,(H,17,19). The molecule has 1 N–H and O–H groups in total. The van der Waals surface area contributed by atoms with E-state index in [0.717, 1.165) is 6.42 Å². The van der Waals surface area contributed by atoms with Gasteiger partial charge < -0.3 is 10.2 Å². The van der Waals surface area contributed by atoms with Crippen LogP contribution in [-0.4, -0.2) is 35.3 Å². The molecule has 2 atom stereocenters. The minimum Gasteiger partial charge on any atom is -0.344 e. The number of rotatable bonds is 5. The molecule has 2 aliphatic carbocycles. The number of nitrogens with zero attached hydrogens (tertiary/aromatic N) is 1. The van der Waals surface area contributed by atoms with Gasteiger partial charge in [0.05, 0.1) is 0 Å². The van der Waals surface area contributed by atoms with Gasteiger partial charge in [0.2, 0.25) is 11.8 Å². The Hall–Kier alpha value is -1.06. The highest BCUT2D eigenvalue weighted by Gasteiger charge is 2.48. The lowest BCUT2D eigenvalue weighted by Crippen LogP contribution is -2.52. The van der Waals surface area contributed by atoms with E-state index in [9.17, 15) is 9.59 Å². The van der Waals surface area contributed by atoms with E-state index >= 15 is 0 Å². The molecule has 1 heterocycles. The normalized spacial score (nSPS) is 29.4. The van der Waals surface area contributed by atoms with Gasteiger partial charge in [-0.05, 0) is 43.4 Å². The van der Waals surface area contributed by atoms with Gasteiger partial charge in [-0.1, -0.05) is 20.3 Å². The number of nitrogens with one attached hydrogen (secondary N) is 1. The summed E-state index contributed by atoms with van der Waals surface area (Å²) in [5.74, 6) is 1.84. The van der Waals surface area contributed by atoms with Crippen LogP contribution in [0.1, 0.15) is 52.4 Å². The molecular weight excluding hydrogens is 252 g/mol. The van der Waals surface area contributed by atoms with Gasteiger partial charge in [0, 0.05) is 19.0 Å². The summed E-state index contributed by atoms with van der Waals surface area (Å²) in [6, 6.07) is 0.108. The van der Waals surface area contributed by atoms with Crippen molar-refractivity contribution < 1.29 is 9.59 Å². The molecule has 20 heavy (non-hydrogen) atoms. The van der Waals surface area contributed by atoms with Crippen LogP contribution in [-0.2, 0) is 9.59 Å². The zero-order valence-electron chi connectivity index (χ0n) is 12.6. The highest BCUT2D eigenvalue weighted by Crippen LogP contribution is 2.47. The fourth-order valence-corrected chi connectivity index (χ4v) is 3.50. The summed E-state index contributed by atoms with van der Waals surface area (Å²) in [6.45, 7) is 4.77. The molecule has 4 nitrogen and oxygen atoms in total. The molecule has 3 rings (SSSR count). The van der Waals surface area contributed by atoms with Gasteiger partial charge in [-0.25, -0.2) is 0 Å². The van der Waals surface area contributed by atoms with Crippen LogP contribution in [0.3, 0.4) is 0 Å². The number of amides is 2. The van der Waals surface area contributed by atoms with Crippen molar-refractivity contribution in [1.82, 2.24) is 10.2 Å². The Kier molecular flexibility index (Phi) is 3.74. The maximum atomic E-state index is 12.9. The molecule has 0 radical (unpaired) electrons. The topological polar surface area (TPSA) is 49.4 Å². The first kappa shape index (κ1) is 13.9. The minimum atomic E-state index is -0.310. The van der Waals surface area contributed by atoms with E-state index in [1.54, 1.807) is 0 Å². The molecule has 0 spiro atoms. The summed E-state index contributed by atoms with van der Waals surface area (Å²) in [4.78, 5) is 26.9. The number of carbonyl (C=O) groups is 2. The van der Waals surface area contributed by atoms with Gasteiger partial charge >= 0.3 is 0 Å². The van der Waals surface area contributed by atoms with Crippen LogP contribution in [0.2, 0.25) is 0 Å². The van der Waals surface area contributed by atoms with Crippen molar-refractivity contribution in [3.05, 3.63) is 0 Å². The largest absolute Gasteiger partial charge is 0.344 e. The van der Waals surface area contributed by atoms with Crippen LogP contribution in [0.4, 0.5) is 0 Å². The molecule has 112 valence electrons. The van der Waals surface area contributed by atoms with Crippen molar-refractivity contribution in [3.63, 3.8) is 0 Å². The van der Waals surface area contributed by atoms with E-state index in [4.69, 9.17) is 0 Å². The van der Waals surface area contributed by atoms with Gasteiger partial charge in [-0.15, -0.1) is 0 Å². The molecule has 0 aromatic heterocycles. The van der Waals surface area contributed by atoms with Gasteiger partial charge in [-0.3, -0.25) is 9.59 Å². The highest BCUT2D eigenvalue weighted by molar-refractivity contribution is 5.90. The van der Waals surface area contributed by atoms with Gasteiger partial charge in [0.15, 0.2) is 0 Å². The second-order valence-electron chi connectivity index (χ2n) is 6.88. The fourth-order valence-electron chi connectivity index (χ4n) is 3.50. The Morgan fingerprint density at radius 3 is 2.30 bits per heavy atom. The highest BCUT2D eigenvalue weighted by atomic mass is 16.2. The molecule has 3 fully saturated rings. The first-order valence-electron chi connectivity index (χ1n) is 8.21. The Balaban J connectivity index is 1.80. The molecule has 4 heteroatoms. The van der Waals surface area contributed by atoms with Crippen LogP contribution in [0.25, 0.3) is 0 Å². The average molecular weight is 278 g/mol. The molecule has 1 saturated heterocycles. The van der Waals surface area contributed by atoms with Crippen LogP contribution in [0.15, 0.2) is 0 Å². The average Bonchev–Trinajstić information content (AvgIpc) is 3.29. The molecule has 0 aromatic carbocycles. The monoisotopic (exact) mass is 278 g/mol. The number of hydrogen-bond acceptors (Lipinski definition) is 2. The third kappa shape index (κ3) is 2.70. The summed E-state index contributed by atoms with van der Waals surface area (Å²) in [7, 11) is 0. The maximum Gasteiger partial charge on any atom is 0.245 e. The summed E-state index contributed by atoms with van der Waals surface area (Å²) in [6.07, 6.45) is 6.44. The molecule has 2 amide bonds. The van der Waals surface area contributed by atoms with Crippen molar-refractivity contribution in [2.45, 2.75) is 64.5 Å². The lowest BCUT2D eigenvalue weighted by Gasteiger charge is -2.34. The van der Waals surface area contributed by atoms with E-state index in [-0.39, 0.29) is 23.8 Å². The minimum absolute atomic E-state index is 0.0384. The van der Waals surface area contributed by atoms with Crippen molar-refractivity contribution in [2.24, 2.45) is 17.8 Å². The summed E-state index contributed by atoms with van der Waals surface area (Å²) in [5.41, 5.74) is 0. The van der Waals surface area contributed by atoms with Crippen molar-refractivity contribution in [3.8, 4) is 0 Å². The zero-order chi connectivity index (χ0) is 14.3. The van der Waals surface area contributed by atoms with Crippen LogP contribution in [0, 0.1) is 17.8 Å². The molecule has 2 saturated carbocycles. The molecular formula is C16H26N2O2. The van der Waals surface area contributed by atoms with Crippen LogP contribution < -0.4 is 5.32 Å². The fraction of sp³-hybridized carbons (Fsp3) is 0.875. The predicted octanol–water partition coefficient (Wildman–Crippen LogP) is 1.94. The van der Waals surface area contributed by atoms with Crippen LogP contribution in [0.5, 0.6) is 0 Å². The predicted molar refractivity (Wildman–Crippen MR) is 77.0 cm³/mol. The quantitative estimate of drug-likeness (QED) is 0.835. The Morgan fingerprint density at radius 1 is 1.20 bits per heavy atom. The summed E-state index contributed by atoms with van der Waals surface area (Å²) < 4.78 is 0. The first-order chi connectivity index (χ1) is 9.61. The second-order valence-corrected chi connectivity index (χ2v) is 6.88. The molecule has 0 aromatic rings. The molecule has 3 aliphatic rings. The van der Waals surface area contributed by atoms with E-state index < -0.39 is 0 Å². The maximum absolute atomic E-state index is 12.9. The molecule has 2 unspecified atom stereocenters. The van der Waals surface area contributed by atoms with Gasteiger partial charge in [-0.2, -0.15) is 0 Å². The van der Waals surface area contributed by atoms with E-state index in [1.165, 1.54) is 25.7 Å². The molecule has 0 bridgehead atoms. The number of carbonyl (C=O) groups excluding carboxylic acids is 2. The zero-order valence-corrected chi connectivity index (χ0v) is 12.6. The molecule has 1 aliphatic heterocycles. The van der Waals surface area contributed by atoms with E-state index in [2.05, 4.69) is 24.1 Å². The van der Waals surface area contributed by atoms with Crippen LogP contribution >= 0.6 is 0 Å². The number of hydrogen-bond donors (Lipinski definition) is 1. The van der Waals surface area contributed by atoms with Crippen molar-refractivity contribution >= 4 is 11.8 Å².